The molecule has 2 heterocycles. The van der Waals surface area contributed by atoms with Crippen molar-refractivity contribution in [1.29, 1.82) is 5.41 Å². The molecule has 1 aliphatic rings. The van der Waals surface area contributed by atoms with Crippen LogP contribution in [0.2, 0.25) is 0 Å². The molecule has 3 nitrogen and oxygen atoms in total. The molecule has 0 saturated heterocycles. The standard InChI is InChI=1S/C16H17FN2O/c1-11(4-7-14-3-2-8-20-14)19-10-12-5-6-13(17)9-15(12)16(19)18/h2-3,5-6,8-9,11,18H,4,7,10H2,1H3. The highest BCUT2D eigenvalue weighted by Gasteiger charge is 2.27. The van der Waals surface area contributed by atoms with E-state index >= 15 is 0 Å². The van der Waals surface area contributed by atoms with Crippen LogP contribution < -0.4 is 0 Å². The summed E-state index contributed by atoms with van der Waals surface area (Å²) in [5, 5.41) is 8.20. The third-order valence-corrected chi connectivity index (χ3v) is 3.88. The normalized spacial score (nSPS) is 15.5. The Balaban J connectivity index is 1.68. The van der Waals surface area contributed by atoms with Gasteiger partial charge in [-0.3, -0.25) is 5.41 Å². The van der Waals surface area contributed by atoms with E-state index in [1.807, 2.05) is 17.0 Å². The van der Waals surface area contributed by atoms with Crippen molar-refractivity contribution in [2.75, 3.05) is 0 Å². The zero-order valence-electron chi connectivity index (χ0n) is 11.4. The second kappa shape index (κ2) is 5.12. The van der Waals surface area contributed by atoms with Crippen molar-refractivity contribution in [2.45, 2.75) is 32.4 Å². The molecule has 0 spiro atoms. The average molecular weight is 272 g/mol. The van der Waals surface area contributed by atoms with Crippen molar-refractivity contribution in [1.82, 2.24) is 4.90 Å². The zero-order chi connectivity index (χ0) is 14.1. The molecule has 0 saturated carbocycles. The van der Waals surface area contributed by atoms with Crippen molar-refractivity contribution in [2.24, 2.45) is 0 Å². The molecule has 1 aliphatic heterocycles. The van der Waals surface area contributed by atoms with Gasteiger partial charge in [0.05, 0.1) is 6.26 Å². The quantitative estimate of drug-likeness (QED) is 0.924. The van der Waals surface area contributed by atoms with Gasteiger partial charge in [-0.05, 0) is 43.2 Å². The van der Waals surface area contributed by atoms with Gasteiger partial charge in [0.2, 0.25) is 0 Å². The molecule has 20 heavy (non-hydrogen) atoms. The third kappa shape index (κ3) is 2.33. The number of halogens is 1. The molecule has 3 rings (SSSR count). The first kappa shape index (κ1) is 12.9. The summed E-state index contributed by atoms with van der Waals surface area (Å²) in [7, 11) is 0. The smallest absolute Gasteiger partial charge is 0.129 e. The molecule has 0 radical (unpaired) electrons. The maximum atomic E-state index is 13.3. The van der Waals surface area contributed by atoms with Gasteiger partial charge in [0.1, 0.15) is 17.4 Å². The largest absolute Gasteiger partial charge is 0.469 e. The molecule has 1 atom stereocenters. The summed E-state index contributed by atoms with van der Waals surface area (Å²) >= 11 is 0. The van der Waals surface area contributed by atoms with Gasteiger partial charge in [-0.25, -0.2) is 4.39 Å². The van der Waals surface area contributed by atoms with Crippen LogP contribution in [0.4, 0.5) is 4.39 Å². The highest BCUT2D eigenvalue weighted by Crippen LogP contribution is 2.26. The SMILES string of the molecule is CC(CCc1ccco1)N1Cc2ccc(F)cc2C1=N. The summed E-state index contributed by atoms with van der Waals surface area (Å²) in [5.74, 6) is 1.11. The predicted molar refractivity (Wildman–Crippen MR) is 75.3 cm³/mol. The van der Waals surface area contributed by atoms with Gasteiger partial charge >= 0.3 is 0 Å². The molecular weight excluding hydrogens is 255 g/mol. The van der Waals surface area contributed by atoms with Crippen LogP contribution in [0.5, 0.6) is 0 Å². The number of rotatable bonds is 4. The molecule has 0 bridgehead atoms. The fraction of sp³-hybridized carbons (Fsp3) is 0.312. The van der Waals surface area contributed by atoms with Gasteiger partial charge in [0, 0.05) is 24.6 Å². The highest BCUT2D eigenvalue weighted by atomic mass is 19.1. The monoisotopic (exact) mass is 272 g/mol. The minimum atomic E-state index is -0.279. The first-order valence-electron chi connectivity index (χ1n) is 6.81. The molecule has 1 aromatic heterocycles. The van der Waals surface area contributed by atoms with Crippen LogP contribution in [0, 0.1) is 11.2 Å². The molecule has 0 aliphatic carbocycles. The molecule has 1 aromatic carbocycles. The minimum absolute atomic E-state index is 0.225. The van der Waals surface area contributed by atoms with Gasteiger partial charge < -0.3 is 9.32 Å². The Hall–Kier alpha value is -2.10. The van der Waals surface area contributed by atoms with E-state index in [0.717, 1.165) is 29.7 Å². The average Bonchev–Trinajstić information content (AvgIpc) is 3.05. The Bertz CT molecular complexity index is 621. The van der Waals surface area contributed by atoms with E-state index in [-0.39, 0.29) is 11.9 Å². The number of aryl methyl sites for hydroxylation is 1. The van der Waals surface area contributed by atoms with E-state index in [1.165, 1.54) is 12.1 Å². The number of benzene rings is 1. The van der Waals surface area contributed by atoms with Crippen molar-refractivity contribution in [3.63, 3.8) is 0 Å². The van der Waals surface area contributed by atoms with Gasteiger partial charge in [-0.15, -0.1) is 0 Å². The van der Waals surface area contributed by atoms with Crippen LogP contribution >= 0.6 is 0 Å². The lowest BCUT2D eigenvalue weighted by molar-refractivity contribution is 0.311. The van der Waals surface area contributed by atoms with Crippen LogP contribution in [-0.4, -0.2) is 16.8 Å². The summed E-state index contributed by atoms with van der Waals surface area (Å²) in [6.45, 7) is 2.79. The Morgan fingerprint density at radius 3 is 3.00 bits per heavy atom. The number of hydrogen-bond donors (Lipinski definition) is 1. The molecule has 104 valence electrons. The Labute approximate surface area is 117 Å². The summed E-state index contributed by atoms with van der Waals surface area (Å²) in [5.41, 5.74) is 1.75. The van der Waals surface area contributed by atoms with E-state index in [2.05, 4.69) is 6.92 Å². The maximum Gasteiger partial charge on any atom is 0.129 e. The lowest BCUT2D eigenvalue weighted by Crippen LogP contribution is -2.33. The zero-order valence-corrected chi connectivity index (χ0v) is 11.4. The minimum Gasteiger partial charge on any atom is -0.469 e. The highest BCUT2D eigenvalue weighted by molar-refractivity contribution is 6.00. The van der Waals surface area contributed by atoms with E-state index in [4.69, 9.17) is 9.83 Å². The third-order valence-electron chi connectivity index (χ3n) is 3.88. The van der Waals surface area contributed by atoms with E-state index in [9.17, 15) is 4.39 Å². The van der Waals surface area contributed by atoms with Gasteiger partial charge in [0.15, 0.2) is 0 Å². The molecule has 1 N–H and O–H groups in total. The lowest BCUT2D eigenvalue weighted by atomic mass is 10.1. The van der Waals surface area contributed by atoms with Crippen molar-refractivity contribution in [3.05, 3.63) is 59.3 Å². The van der Waals surface area contributed by atoms with Crippen molar-refractivity contribution >= 4 is 5.84 Å². The molecule has 4 heteroatoms. The fourth-order valence-corrected chi connectivity index (χ4v) is 2.66. The van der Waals surface area contributed by atoms with Crippen molar-refractivity contribution in [3.8, 4) is 0 Å². The number of amidine groups is 1. The molecule has 1 unspecified atom stereocenters. The maximum absolute atomic E-state index is 13.3. The number of nitrogens with zero attached hydrogens (tertiary/aromatic N) is 1. The van der Waals surface area contributed by atoms with Crippen LogP contribution in [0.15, 0.2) is 41.0 Å². The summed E-state index contributed by atoms with van der Waals surface area (Å²) < 4.78 is 18.6. The number of fused-ring (bicyclic) bond motifs is 1. The molecule has 0 amide bonds. The van der Waals surface area contributed by atoms with E-state index in [1.54, 1.807) is 12.3 Å². The van der Waals surface area contributed by atoms with Crippen LogP contribution in [0.1, 0.15) is 30.2 Å². The Morgan fingerprint density at radius 1 is 1.40 bits per heavy atom. The Kier molecular flexibility index (Phi) is 3.30. The fourth-order valence-electron chi connectivity index (χ4n) is 2.66. The molecule has 0 fully saturated rings. The van der Waals surface area contributed by atoms with Crippen LogP contribution in [-0.2, 0) is 13.0 Å². The lowest BCUT2D eigenvalue weighted by Gasteiger charge is -2.25. The van der Waals surface area contributed by atoms with E-state index in [0.29, 0.717) is 12.4 Å². The van der Waals surface area contributed by atoms with Crippen LogP contribution in [0.3, 0.4) is 0 Å². The summed E-state index contributed by atoms with van der Waals surface area (Å²) in [6, 6.07) is 8.77. The molecule has 2 aromatic rings. The molecular formula is C16H17FN2O. The van der Waals surface area contributed by atoms with Gasteiger partial charge in [0.25, 0.3) is 0 Å². The second-order valence-corrected chi connectivity index (χ2v) is 5.25. The summed E-state index contributed by atoms with van der Waals surface area (Å²) in [6.07, 6.45) is 3.44. The van der Waals surface area contributed by atoms with Crippen molar-refractivity contribution < 1.29 is 8.81 Å². The number of nitrogens with one attached hydrogen (secondary N) is 1. The first-order valence-corrected chi connectivity index (χ1v) is 6.81. The topological polar surface area (TPSA) is 40.2 Å². The number of hydrogen-bond acceptors (Lipinski definition) is 2. The predicted octanol–water partition coefficient (Wildman–Crippen LogP) is 3.58. The van der Waals surface area contributed by atoms with Gasteiger partial charge in [-0.2, -0.15) is 0 Å². The number of furan rings is 1. The first-order chi connectivity index (χ1) is 9.65. The van der Waals surface area contributed by atoms with E-state index < -0.39 is 0 Å². The van der Waals surface area contributed by atoms with Gasteiger partial charge in [-0.1, -0.05) is 6.07 Å². The Morgan fingerprint density at radius 2 is 2.25 bits per heavy atom. The van der Waals surface area contributed by atoms with Crippen LogP contribution in [0.25, 0.3) is 0 Å². The second-order valence-electron chi connectivity index (χ2n) is 5.25. The summed E-state index contributed by atoms with van der Waals surface area (Å²) in [4.78, 5) is 2.02.